The molecule has 0 fully saturated rings. The molecule has 1 unspecified atom stereocenters. The van der Waals surface area contributed by atoms with Gasteiger partial charge in [0.2, 0.25) is 0 Å². The third-order valence-electron chi connectivity index (χ3n) is 4.83. The lowest BCUT2D eigenvalue weighted by Crippen LogP contribution is -2.17. The van der Waals surface area contributed by atoms with Gasteiger partial charge in [0.1, 0.15) is 24.1 Å². The van der Waals surface area contributed by atoms with Gasteiger partial charge in [-0.2, -0.15) is 0 Å². The van der Waals surface area contributed by atoms with E-state index in [4.69, 9.17) is 4.89 Å². The van der Waals surface area contributed by atoms with E-state index in [1.165, 1.54) is 18.2 Å². The predicted molar refractivity (Wildman–Crippen MR) is 111 cm³/mol. The van der Waals surface area contributed by atoms with E-state index in [0.29, 0.717) is 36.9 Å². The van der Waals surface area contributed by atoms with Gasteiger partial charge >= 0.3 is 8.25 Å². The molecule has 0 aliphatic heterocycles. The maximum absolute atomic E-state index is 14.3. The fraction of sp³-hybridized carbons (Fsp3) is 0.455. The molecule has 2 aromatic carbocycles. The van der Waals surface area contributed by atoms with Gasteiger partial charge in [0.15, 0.2) is 0 Å². The summed E-state index contributed by atoms with van der Waals surface area (Å²) in [7, 11) is -2.60. The van der Waals surface area contributed by atoms with Crippen LogP contribution < -0.4 is 5.32 Å². The van der Waals surface area contributed by atoms with Crippen LogP contribution in [0, 0.1) is 17.5 Å². The molecule has 1 atom stereocenters. The van der Waals surface area contributed by atoms with Crippen molar-refractivity contribution < 1.29 is 27.2 Å². The molecule has 2 N–H and O–H groups in total. The summed E-state index contributed by atoms with van der Waals surface area (Å²) < 4.78 is 56.9. The first kappa shape index (κ1) is 24.5. The molecule has 2 rings (SSSR count). The predicted octanol–water partition coefficient (Wildman–Crippen LogP) is 5.60. The van der Waals surface area contributed by atoms with Crippen molar-refractivity contribution in [2.24, 2.45) is 0 Å². The molecular formula is C22H28F3NO3P+. The first-order valence-electron chi connectivity index (χ1n) is 10.2. The quantitative estimate of drug-likeness (QED) is 0.296. The van der Waals surface area contributed by atoms with Crippen LogP contribution in [0.15, 0.2) is 36.4 Å². The standard InChI is InChI=1S/C22H27F3NO3P/c23-20-11-6-5-9-17(20)8-3-1-2-4-10-18-14-22(25)19(15-21(18)24)16-26-12-7-13-29-30(27)28/h5-6,9,11,14-15,26H,1-4,7-8,10,12-13,16H2/p+1. The average molecular weight is 442 g/mol. The summed E-state index contributed by atoms with van der Waals surface area (Å²) in [6.07, 6.45) is 5.03. The molecule has 0 amide bonds. The lowest BCUT2D eigenvalue weighted by atomic mass is 10.0. The molecule has 0 aromatic heterocycles. The Kier molecular flexibility index (Phi) is 11.0. The lowest BCUT2D eigenvalue weighted by Gasteiger charge is -2.09. The smallest absolute Gasteiger partial charge is 0.312 e. The van der Waals surface area contributed by atoms with Crippen molar-refractivity contribution in [1.82, 2.24) is 5.32 Å². The maximum Gasteiger partial charge on any atom is 0.694 e. The number of nitrogens with one attached hydrogen (secondary N) is 1. The van der Waals surface area contributed by atoms with Crippen molar-refractivity contribution >= 4 is 8.25 Å². The van der Waals surface area contributed by atoms with Crippen LogP contribution in [-0.4, -0.2) is 18.0 Å². The molecule has 0 aliphatic rings. The van der Waals surface area contributed by atoms with Crippen molar-refractivity contribution in [3.63, 3.8) is 0 Å². The van der Waals surface area contributed by atoms with Crippen LogP contribution in [0.5, 0.6) is 0 Å². The van der Waals surface area contributed by atoms with Crippen LogP contribution in [0.3, 0.4) is 0 Å². The Labute approximate surface area is 176 Å². The molecule has 164 valence electrons. The first-order valence-corrected chi connectivity index (χ1v) is 11.3. The summed E-state index contributed by atoms with van der Waals surface area (Å²) >= 11 is 0. The van der Waals surface area contributed by atoms with Gasteiger partial charge < -0.3 is 5.32 Å². The zero-order valence-electron chi connectivity index (χ0n) is 16.9. The van der Waals surface area contributed by atoms with E-state index < -0.39 is 19.9 Å². The molecule has 0 heterocycles. The Hall–Kier alpha value is -1.79. The van der Waals surface area contributed by atoms with E-state index in [0.717, 1.165) is 25.7 Å². The van der Waals surface area contributed by atoms with Crippen molar-refractivity contribution in [3.05, 3.63) is 70.5 Å². The molecule has 30 heavy (non-hydrogen) atoms. The van der Waals surface area contributed by atoms with E-state index in [-0.39, 0.29) is 24.5 Å². The molecule has 0 saturated carbocycles. The Morgan fingerprint density at radius 1 is 0.833 bits per heavy atom. The number of unbranched alkanes of at least 4 members (excludes halogenated alkanes) is 3. The van der Waals surface area contributed by atoms with Crippen molar-refractivity contribution in [2.75, 3.05) is 13.2 Å². The van der Waals surface area contributed by atoms with Crippen LogP contribution in [0.1, 0.15) is 48.8 Å². The van der Waals surface area contributed by atoms with Gasteiger partial charge in [-0.25, -0.2) is 13.2 Å². The average Bonchev–Trinajstić information content (AvgIpc) is 2.71. The van der Waals surface area contributed by atoms with Gasteiger partial charge in [-0.15, -0.1) is 9.42 Å². The topological polar surface area (TPSA) is 58.6 Å². The van der Waals surface area contributed by atoms with Gasteiger partial charge in [0.25, 0.3) is 0 Å². The highest BCUT2D eigenvalue weighted by Gasteiger charge is 2.12. The maximum atomic E-state index is 14.3. The van der Waals surface area contributed by atoms with Crippen molar-refractivity contribution in [1.29, 1.82) is 0 Å². The van der Waals surface area contributed by atoms with Gasteiger partial charge in [0, 0.05) is 16.7 Å². The second-order valence-electron chi connectivity index (χ2n) is 7.14. The molecular weight excluding hydrogens is 414 g/mol. The molecule has 0 spiro atoms. The van der Waals surface area contributed by atoms with E-state index >= 15 is 0 Å². The highest BCUT2D eigenvalue weighted by molar-refractivity contribution is 7.32. The first-order chi connectivity index (χ1) is 14.5. The van der Waals surface area contributed by atoms with Crippen molar-refractivity contribution in [2.45, 2.75) is 51.5 Å². The second kappa shape index (κ2) is 13.5. The van der Waals surface area contributed by atoms with Crippen LogP contribution in [0.2, 0.25) is 0 Å². The number of halogens is 3. The summed E-state index contributed by atoms with van der Waals surface area (Å²) in [4.78, 5) is 8.50. The number of hydrogen-bond donors (Lipinski definition) is 2. The minimum atomic E-state index is -2.60. The highest BCUT2D eigenvalue weighted by atomic mass is 31.1. The molecule has 0 bridgehead atoms. The van der Waals surface area contributed by atoms with E-state index in [9.17, 15) is 17.7 Å². The second-order valence-corrected chi connectivity index (χ2v) is 7.88. The molecule has 0 radical (unpaired) electrons. The van der Waals surface area contributed by atoms with Crippen LogP contribution in [-0.2, 0) is 28.5 Å². The zero-order valence-corrected chi connectivity index (χ0v) is 17.8. The molecule has 8 heteroatoms. The SMILES string of the molecule is O=[P+](O)OCCCNCc1cc(F)c(CCCCCCc2ccccc2F)cc1F. The summed E-state index contributed by atoms with van der Waals surface area (Å²) in [5.41, 5.74) is 1.33. The number of aryl methyl sites for hydroxylation is 2. The molecule has 0 aliphatic carbocycles. The minimum Gasteiger partial charge on any atom is -0.312 e. The minimum absolute atomic E-state index is 0.120. The Morgan fingerprint density at radius 2 is 1.47 bits per heavy atom. The number of hydrogen-bond acceptors (Lipinski definition) is 3. The van der Waals surface area contributed by atoms with Gasteiger partial charge in [-0.1, -0.05) is 31.0 Å². The summed E-state index contributed by atoms with van der Waals surface area (Å²) in [5, 5.41) is 2.96. The molecule has 0 saturated heterocycles. The highest BCUT2D eigenvalue weighted by Crippen LogP contribution is 2.19. The van der Waals surface area contributed by atoms with Gasteiger partial charge in [0.05, 0.1) is 0 Å². The van der Waals surface area contributed by atoms with Crippen LogP contribution >= 0.6 is 8.25 Å². The van der Waals surface area contributed by atoms with Crippen molar-refractivity contribution in [3.8, 4) is 0 Å². The summed E-state index contributed by atoms with van der Waals surface area (Å²) in [5.74, 6) is -1.05. The normalized spacial score (nSPS) is 11.7. The van der Waals surface area contributed by atoms with Gasteiger partial charge in [-0.3, -0.25) is 0 Å². The van der Waals surface area contributed by atoms with Gasteiger partial charge in [-0.05, 0) is 68.0 Å². The van der Waals surface area contributed by atoms with Crippen LogP contribution in [0.25, 0.3) is 0 Å². The van der Waals surface area contributed by atoms with Crippen LogP contribution in [0.4, 0.5) is 13.2 Å². The molecule has 4 nitrogen and oxygen atoms in total. The third kappa shape index (κ3) is 8.92. The lowest BCUT2D eigenvalue weighted by molar-refractivity contribution is 0.276. The van der Waals surface area contributed by atoms with E-state index in [1.54, 1.807) is 12.1 Å². The molecule has 2 aromatic rings. The Morgan fingerprint density at radius 3 is 2.17 bits per heavy atom. The Bertz CT molecular complexity index is 820. The fourth-order valence-corrected chi connectivity index (χ4v) is 3.49. The fourth-order valence-electron chi connectivity index (χ4n) is 3.20. The Balaban J connectivity index is 1.66. The summed E-state index contributed by atoms with van der Waals surface area (Å²) in [6, 6.07) is 9.22. The van der Waals surface area contributed by atoms with E-state index in [2.05, 4.69) is 9.84 Å². The largest absolute Gasteiger partial charge is 0.694 e. The third-order valence-corrected chi connectivity index (χ3v) is 5.23. The van der Waals surface area contributed by atoms with E-state index in [1.807, 2.05) is 6.07 Å². The summed E-state index contributed by atoms with van der Waals surface area (Å²) in [6.45, 7) is 0.748. The monoisotopic (exact) mass is 442 g/mol. The zero-order chi connectivity index (χ0) is 21.8. The number of benzene rings is 2. The number of rotatable bonds is 14.